The van der Waals surface area contributed by atoms with Gasteiger partial charge in [-0.2, -0.15) is 0 Å². The van der Waals surface area contributed by atoms with Gasteiger partial charge in [0.1, 0.15) is 6.54 Å². The van der Waals surface area contributed by atoms with Gasteiger partial charge in [0.25, 0.3) is 17.7 Å². The molecule has 3 rings (SSSR count). The number of ether oxygens (including phenoxy) is 1. The summed E-state index contributed by atoms with van der Waals surface area (Å²) in [7, 11) is 0. The number of nitrogens with one attached hydrogen (secondary N) is 1. The number of esters is 1. The Morgan fingerprint density at radius 2 is 1.70 bits per heavy atom. The Kier molecular flexibility index (Phi) is 5.88. The highest BCUT2D eigenvalue weighted by molar-refractivity contribution is 6.22. The first-order valence-electron chi connectivity index (χ1n) is 9.46. The zero-order chi connectivity index (χ0) is 19.4. The molecule has 1 atom stereocenters. The van der Waals surface area contributed by atoms with Crippen molar-refractivity contribution < 1.29 is 23.9 Å². The van der Waals surface area contributed by atoms with Gasteiger partial charge in [-0.15, -0.1) is 0 Å². The molecule has 0 aromatic heterocycles. The lowest BCUT2D eigenvalue weighted by molar-refractivity contribution is -0.156. The Bertz CT molecular complexity index is 719. The quantitative estimate of drug-likeness (QED) is 0.609. The summed E-state index contributed by atoms with van der Waals surface area (Å²) in [5.74, 6) is -2.13. The zero-order valence-corrected chi connectivity index (χ0v) is 15.4. The Labute approximate surface area is 158 Å². The van der Waals surface area contributed by atoms with Gasteiger partial charge >= 0.3 is 5.97 Å². The van der Waals surface area contributed by atoms with E-state index in [4.69, 9.17) is 4.74 Å². The first kappa shape index (κ1) is 19.1. The number of rotatable bonds is 6. The van der Waals surface area contributed by atoms with Crippen LogP contribution in [-0.2, 0) is 14.3 Å². The Morgan fingerprint density at radius 1 is 1.11 bits per heavy atom. The summed E-state index contributed by atoms with van der Waals surface area (Å²) in [5.41, 5.74) is 0.551. The molecule has 7 heteroatoms. The summed E-state index contributed by atoms with van der Waals surface area (Å²) in [6.07, 6.45) is 4.62. The van der Waals surface area contributed by atoms with Crippen molar-refractivity contribution >= 4 is 23.7 Å². The number of imide groups is 1. The van der Waals surface area contributed by atoms with Gasteiger partial charge in [0.15, 0.2) is 6.10 Å². The zero-order valence-electron chi connectivity index (χ0n) is 15.4. The molecule has 0 radical (unpaired) electrons. The number of carbonyl (C=O) groups is 4. The van der Waals surface area contributed by atoms with Crippen LogP contribution in [0, 0.1) is 0 Å². The Hall–Kier alpha value is -2.70. The van der Waals surface area contributed by atoms with Gasteiger partial charge in [-0.05, 0) is 31.4 Å². The lowest BCUT2D eigenvalue weighted by Crippen LogP contribution is -2.45. The minimum atomic E-state index is -0.922. The summed E-state index contributed by atoms with van der Waals surface area (Å²) >= 11 is 0. The molecule has 1 aromatic carbocycles. The normalized spacial score (nSPS) is 18.2. The minimum Gasteiger partial charge on any atom is -0.451 e. The van der Waals surface area contributed by atoms with Gasteiger partial charge < -0.3 is 10.1 Å². The van der Waals surface area contributed by atoms with Gasteiger partial charge in [-0.3, -0.25) is 24.1 Å². The van der Waals surface area contributed by atoms with E-state index < -0.39 is 30.4 Å². The van der Waals surface area contributed by atoms with Gasteiger partial charge in [-0.25, -0.2) is 0 Å². The Balaban J connectivity index is 1.57. The van der Waals surface area contributed by atoms with Crippen LogP contribution in [-0.4, -0.2) is 47.3 Å². The van der Waals surface area contributed by atoms with Crippen molar-refractivity contribution in [3.8, 4) is 0 Å². The minimum absolute atomic E-state index is 0.121. The van der Waals surface area contributed by atoms with Gasteiger partial charge in [0.2, 0.25) is 0 Å². The van der Waals surface area contributed by atoms with Crippen molar-refractivity contribution in [1.82, 2.24) is 10.2 Å². The molecule has 0 bridgehead atoms. The highest BCUT2D eigenvalue weighted by Gasteiger charge is 2.37. The highest BCUT2D eigenvalue weighted by Crippen LogP contribution is 2.22. The van der Waals surface area contributed by atoms with Crippen LogP contribution in [0.4, 0.5) is 0 Å². The smallest absolute Gasteiger partial charge is 0.327 e. The average Bonchev–Trinajstić information content (AvgIpc) is 2.92. The summed E-state index contributed by atoms with van der Waals surface area (Å²) < 4.78 is 5.26. The summed E-state index contributed by atoms with van der Waals surface area (Å²) in [6, 6.07) is 6.54. The second kappa shape index (κ2) is 8.33. The maximum absolute atomic E-state index is 12.4. The van der Waals surface area contributed by atoms with Crippen LogP contribution < -0.4 is 5.32 Å². The maximum atomic E-state index is 12.4. The van der Waals surface area contributed by atoms with E-state index in [1.807, 2.05) is 0 Å². The summed E-state index contributed by atoms with van der Waals surface area (Å²) in [5, 5.41) is 2.94. The molecule has 1 saturated carbocycles. The molecule has 3 amide bonds. The maximum Gasteiger partial charge on any atom is 0.327 e. The van der Waals surface area contributed by atoms with Crippen LogP contribution in [0.5, 0.6) is 0 Å². The number of benzene rings is 1. The van der Waals surface area contributed by atoms with E-state index in [0.717, 1.165) is 30.6 Å². The molecule has 1 N–H and O–H groups in total. The largest absolute Gasteiger partial charge is 0.451 e. The fraction of sp³-hybridized carbons (Fsp3) is 0.500. The van der Waals surface area contributed by atoms with Gasteiger partial charge in [0, 0.05) is 6.04 Å². The standard InChI is InChI=1S/C20H24N2O5/c1-2-16(18(24)21-13-8-4-3-5-9-13)27-17(23)12-22-19(25)14-10-6-7-11-15(14)20(22)26/h6-7,10-11,13,16H,2-5,8-9,12H2,1H3,(H,21,24)/t16-/m1/s1. The van der Waals surface area contributed by atoms with Gasteiger partial charge in [0.05, 0.1) is 11.1 Å². The third-order valence-corrected chi connectivity index (χ3v) is 5.05. The first-order valence-corrected chi connectivity index (χ1v) is 9.46. The number of hydrogen-bond donors (Lipinski definition) is 1. The van der Waals surface area contributed by atoms with E-state index in [-0.39, 0.29) is 23.1 Å². The van der Waals surface area contributed by atoms with Crippen molar-refractivity contribution in [3.63, 3.8) is 0 Å². The first-order chi connectivity index (χ1) is 13.0. The van der Waals surface area contributed by atoms with Crippen molar-refractivity contribution in [3.05, 3.63) is 35.4 Å². The molecule has 7 nitrogen and oxygen atoms in total. The number of carbonyl (C=O) groups excluding carboxylic acids is 4. The number of hydrogen-bond acceptors (Lipinski definition) is 5. The average molecular weight is 372 g/mol. The SMILES string of the molecule is CC[C@@H](OC(=O)CN1C(=O)c2ccccc2C1=O)C(=O)NC1CCCCC1. The van der Waals surface area contributed by atoms with Crippen molar-refractivity contribution in [2.45, 2.75) is 57.6 Å². The molecular weight excluding hydrogens is 348 g/mol. The molecule has 1 aromatic rings. The van der Waals surface area contributed by atoms with Gasteiger partial charge in [-0.1, -0.05) is 38.3 Å². The van der Waals surface area contributed by atoms with Crippen LogP contribution in [0.25, 0.3) is 0 Å². The predicted molar refractivity (Wildman–Crippen MR) is 97.0 cm³/mol. The van der Waals surface area contributed by atoms with E-state index in [2.05, 4.69) is 5.32 Å². The van der Waals surface area contributed by atoms with Crippen LogP contribution >= 0.6 is 0 Å². The van der Waals surface area contributed by atoms with E-state index in [1.165, 1.54) is 6.42 Å². The number of nitrogens with zero attached hydrogens (tertiary/aromatic N) is 1. The molecule has 144 valence electrons. The van der Waals surface area contributed by atoms with Crippen LogP contribution in [0.15, 0.2) is 24.3 Å². The molecule has 1 aliphatic heterocycles. The molecule has 0 unspecified atom stereocenters. The van der Waals surface area contributed by atoms with Crippen molar-refractivity contribution in [2.75, 3.05) is 6.54 Å². The van der Waals surface area contributed by atoms with E-state index in [0.29, 0.717) is 6.42 Å². The Morgan fingerprint density at radius 3 is 2.26 bits per heavy atom. The fourth-order valence-electron chi connectivity index (χ4n) is 3.57. The van der Waals surface area contributed by atoms with Crippen molar-refractivity contribution in [2.24, 2.45) is 0 Å². The summed E-state index contributed by atoms with van der Waals surface area (Å²) in [6.45, 7) is 1.25. The van der Waals surface area contributed by atoms with E-state index in [9.17, 15) is 19.2 Å². The third-order valence-electron chi connectivity index (χ3n) is 5.05. The predicted octanol–water partition coefficient (Wildman–Crippen LogP) is 2.05. The molecule has 0 saturated heterocycles. The van der Waals surface area contributed by atoms with Crippen LogP contribution in [0.1, 0.15) is 66.2 Å². The van der Waals surface area contributed by atoms with Crippen molar-refractivity contribution in [1.29, 1.82) is 0 Å². The number of amides is 3. The second-order valence-electron chi connectivity index (χ2n) is 6.97. The lowest BCUT2D eigenvalue weighted by Gasteiger charge is -2.25. The topological polar surface area (TPSA) is 92.8 Å². The second-order valence-corrected chi connectivity index (χ2v) is 6.97. The van der Waals surface area contributed by atoms with E-state index >= 15 is 0 Å². The van der Waals surface area contributed by atoms with Crippen LogP contribution in [0.3, 0.4) is 0 Å². The third kappa shape index (κ3) is 4.18. The lowest BCUT2D eigenvalue weighted by atomic mass is 9.95. The molecule has 2 aliphatic rings. The molecule has 27 heavy (non-hydrogen) atoms. The molecule has 1 aliphatic carbocycles. The molecule has 1 heterocycles. The van der Waals surface area contributed by atoms with Crippen LogP contribution in [0.2, 0.25) is 0 Å². The number of fused-ring (bicyclic) bond motifs is 1. The molecular formula is C20H24N2O5. The molecule has 0 spiro atoms. The summed E-state index contributed by atoms with van der Waals surface area (Å²) in [4.78, 5) is 50.1. The fourth-order valence-corrected chi connectivity index (χ4v) is 3.57. The molecule has 1 fully saturated rings. The highest BCUT2D eigenvalue weighted by atomic mass is 16.5. The van der Waals surface area contributed by atoms with E-state index in [1.54, 1.807) is 31.2 Å². The monoisotopic (exact) mass is 372 g/mol.